The first-order valence-electron chi connectivity index (χ1n) is 18.1. The summed E-state index contributed by atoms with van der Waals surface area (Å²) >= 11 is 0. The molecule has 0 radical (unpaired) electrons. The maximum Gasteiger partial charge on any atom is 0.307 e. The summed E-state index contributed by atoms with van der Waals surface area (Å²) < 4.78 is 8.69. The first-order chi connectivity index (χ1) is 25.5. The van der Waals surface area contributed by atoms with E-state index in [-0.39, 0.29) is 5.41 Å². The van der Waals surface area contributed by atoms with E-state index in [1.54, 1.807) is 0 Å². The standard InChI is InChI=1S/C49H34N2O/c1-48(2)39-21-11-9-19-35(39)37-27-25-31(29-41(37)48)45-46(51-43-23-13-14-24-44(43)52-47(51)50-45)32-26-28-38-36-20-10-12-22-40(36)49(42(38)30-32,33-15-5-3-6-16-33)34-17-7-4-8-18-34/h3-30H,1-2H3. The molecule has 0 atom stereocenters. The SMILES string of the molecule is CC1(C)c2ccccc2-c2ccc(-c3nc4oc5ccccc5n4c3-c3ccc4c(c3)C(c3ccccc3)(c3ccccc3)c3ccccc3-4)cc21. The Morgan fingerprint density at radius 3 is 1.75 bits per heavy atom. The number of imidazole rings is 1. The monoisotopic (exact) mass is 666 g/mol. The average Bonchev–Trinajstić information content (AvgIpc) is 3.90. The Kier molecular flexibility index (Phi) is 5.94. The normalized spacial score (nSPS) is 14.7. The first-order valence-corrected chi connectivity index (χ1v) is 18.1. The maximum absolute atomic E-state index is 6.48. The molecule has 2 aromatic heterocycles. The highest BCUT2D eigenvalue weighted by Gasteiger charge is 2.46. The topological polar surface area (TPSA) is 30.4 Å². The molecule has 0 saturated heterocycles. The molecule has 2 aliphatic rings. The van der Waals surface area contributed by atoms with Crippen molar-refractivity contribution in [1.29, 1.82) is 0 Å². The Labute approximate surface area is 302 Å². The Hall–Kier alpha value is -6.45. The lowest BCUT2D eigenvalue weighted by Gasteiger charge is -2.34. The molecule has 0 saturated carbocycles. The highest BCUT2D eigenvalue weighted by atomic mass is 16.4. The molecular weight excluding hydrogens is 633 g/mol. The van der Waals surface area contributed by atoms with Gasteiger partial charge in [-0.3, -0.25) is 4.40 Å². The third kappa shape index (κ3) is 3.77. The van der Waals surface area contributed by atoms with Crippen LogP contribution < -0.4 is 0 Å². The summed E-state index contributed by atoms with van der Waals surface area (Å²) in [5, 5.41) is 0. The minimum Gasteiger partial charge on any atom is -0.423 e. The minimum atomic E-state index is -0.504. The van der Waals surface area contributed by atoms with Crippen LogP contribution in [0.15, 0.2) is 174 Å². The summed E-state index contributed by atoms with van der Waals surface area (Å²) in [5.74, 6) is 0.593. The van der Waals surface area contributed by atoms with Gasteiger partial charge in [-0.25, -0.2) is 0 Å². The van der Waals surface area contributed by atoms with Crippen molar-refractivity contribution in [3.05, 3.63) is 203 Å². The summed E-state index contributed by atoms with van der Waals surface area (Å²) in [4.78, 5) is 5.30. The van der Waals surface area contributed by atoms with E-state index in [0.29, 0.717) is 5.84 Å². The number of oxazole rings is 1. The fourth-order valence-electron chi connectivity index (χ4n) is 9.43. The van der Waals surface area contributed by atoms with Gasteiger partial charge in [-0.2, -0.15) is 4.98 Å². The van der Waals surface area contributed by atoms with Gasteiger partial charge in [0, 0.05) is 16.5 Å². The van der Waals surface area contributed by atoms with Crippen LogP contribution in [0, 0.1) is 0 Å². The van der Waals surface area contributed by atoms with Crippen LogP contribution in [0.1, 0.15) is 47.2 Å². The van der Waals surface area contributed by atoms with Gasteiger partial charge >= 0.3 is 5.84 Å². The van der Waals surface area contributed by atoms with E-state index in [0.717, 1.165) is 33.6 Å². The van der Waals surface area contributed by atoms with E-state index in [1.165, 1.54) is 55.6 Å². The number of hydrogen-bond donors (Lipinski definition) is 0. The smallest absolute Gasteiger partial charge is 0.307 e. The van der Waals surface area contributed by atoms with E-state index in [1.807, 2.05) is 12.1 Å². The highest BCUT2D eigenvalue weighted by molar-refractivity contribution is 5.93. The van der Waals surface area contributed by atoms with Crippen LogP contribution in [0.2, 0.25) is 0 Å². The van der Waals surface area contributed by atoms with Gasteiger partial charge in [0.05, 0.1) is 16.6 Å². The van der Waals surface area contributed by atoms with Crippen LogP contribution in [-0.2, 0) is 10.8 Å². The molecule has 0 fully saturated rings. The molecule has 52 heavy (non-hydrogen) atoms. The Morgan fingerprint density at radius 2 is 1.02 bits per heavy atom. The van der Waals surface area contributed by atoms with Crippen molar-refractivity contribution in [2.75, 3.05) is 0 Å². The fraction of sp³-hybridized carbons (Fsp3) is 0.0816. The third-order valence-corrected chi connectivity index (χ3v) is 11.7. The van der Waals surface area contributed by atoms with Crippen molar-refractivity contribution in [3.63, 3.8) is 0 Å². The lowest BCUT2D eigenvalue weighted by Crippen LogP contribution is -2.28. The van der Waals surface area contributed by atoms with Crippen LogP contribution in [0.3, 0.4) is 0 Å². The highest BCUT2D eigenvalue weighted by Crippen LogP contribution is 2.57. The van der Waals surface area contributed by atoms with Gasteiger partial charge in [0.1, 0.15) is 5.69 Å². The van der Waals surface area contributed by atoms with Crippen LogP contribution in [-0.4, -0.2) is 9.38 Å². The zero-order valence-corrected chi connectivity index (χ0v) is 29.0. The number of para-hydroxylation sites is 2. The maximum atomic E-state index is 6.48. The number of benzene rings is 7. The Morgan fingerprint density at radius 1 is 0.481 bits per heavy atom. The molecule has 3 heteroatoms. The molecule has 0 spiro atoms. The molecule has 0 N–H and O–H groups in total. The summed E-state index contributed by atoms with van der Waals surface area (Å²) in [7, 11) is 0. The van der Waals surface area contributed by atoms with Crippen molar-refractivity contribution in [2.24, 2.45) is 0 Å². The van der Waals surface area contributed by atoms with Gasteiger partial charge in [-0.15, -0.1) is 0 Å². The lowest BCUT2D eigenvalue weighted by atomic mass is 9.67. The third-order valence-electron chi connectivity index (χ3n) is 11.7. The average molecular weight is 667 g/mol. The second kappa shape index (κ2) is 10.5. The van der Waals surface area contributed by atoms with Gasteiger partial charge < -0.3 is 4.42 Å². The van der Waals surface area contributed by atoms with Crippen LogP contribution in [0.5, 0.6) is 0 Å². The van der Waals surface area contributed by atoms with Crippen molar-refractivity contribution >= 4 is 16.9 Å². The Balaban J connectivity index is 1.21. The second-order valence-corrected chi connectivity index (χ2v) is 14.7. The van der Waals surface area contributed by atoms with Gasteiger partial charge in [-0.05, 0) is 79.9 Å². The molecule has 3 nitrogen and oxygen atoms in total. The van der Waals surface area contributed by atoms with E-state index < -0.39 is 5.41 Å². The van der Waals surface area contributed by atoms with Gasteiger partial charge in [0.25, 0.3) is 0 Å². The molecule has 0 bridgehead atoms. The first kappa shape index (κ1) is 29.3. The second-order valence-electron chi connectivity index (χ2n) is 14.7. The van der Waals surface area contributed by atoms with Crippen molar-refractivity contribution < 1.29 is 4.42 Å². The van der Waals surface area contributed by atoms with Gasteiger partial charge in [0.2, 0.25) is 0 Å². The molecule has 0 aliphatic heterocycles. The van der Waals surface area contributed by atoms with Crippen LogP contribution in [0.25, 0.3) is 61.7 Å². The van der Waals surface area contributed by atoms with Crippen molar-refractivity contribution in [1.82, 2.24) is 9.38 Å². The number of hydrogen-bond acceptors (Lipinski definition) is 2. The van der Waals surface area contributed by atoms with Gasteiger partial charge in [0.15, 0.2) is 5.58 Å². The van der Waals surface area contributed by atoms with E-state index in [2.05, 4.69) is 176 Å². The number of rotatable bonds is 4. The number of fused-ring (bicyclic) bond motifs is 9. The number of aromatic nitrogens is 2. The van der Waals surface area contributed by atoms with E-state index >= 15 is 0 Å². The summed E-state index contributed by atoms with van der Waals surface area (Å²) in [6.07, 6.45) is 0. The quantitative estimate of drug-likeness (QED) is 0.187. The molecule has 246 valence electrons. The molecule has 0 unspecified atom stereocenters. The molecule has 11 rings (SSSR count). The van der Waals surface area contributed by atoms with Crippen molar-refractivity contribution in [3.8, 4) is 44.8 Å². The molecule has 2 aliphatic carbocycles. The zero-order chi connectivity index (χ0) is 34.6. The molecule has 2 heterocycles. The van der Waals surface area contributed by atoms with Gasteiger partial charge in [-0.1, -0.05) is 159 Å². The molecular formula is C49H34N2O. The molecule has 7 aromatic carbocycles. The predicted octanol–water partition coefficient (Wildman–Crippen LogP) is 12.1. The minimum absolute atomic E-state index is 0.127. The Bertz CT molecular complexity index is 2830. The fourth-order valence-corrected chi connectivity index (χ4v) is 9.43. The summed E-state index contributed by atoms with van der Waals surface area (Å²) in [6.45, 7) is 4.67. The van der Waals surface area contributed by atoms with E-state index in [9.17, 15) is 0 Å². The van der Waals surface area contributed by atoms with Crippen molar-refractivity contribution in [2.45, 2.75) is 24.7 Å². The summed E-state index contributed by atoms with van der Waals surface area (Å²) in [5.41, 5.74) is 18.2. The predicted molar refractivity (Wildman–Crippen MR) is 211 cm³/mol. The van der Waals surface area contributed by atoms with Crippen LogP contribution >= 0.6 is 0 Å². The summed E-state index contributed by atoms with van der Waals surface area (Å²) in [6, 6.07) is 61.9. The van der Waals surface area contributed by atoms with E-state index in [4.69, 9.17) is 9.40 Å². The molecule has 0 amide bonds. The van der Waals surface area contributed by atoms with Crippen LogP contribution in [0.4, 0.5) is 0 Å². The number of nitrogens with zero attached hydrogens (tertiary/aromatic N) is 2. The zero-order valence-electron chi connectivity index (χ0n) is 29.0. The largest absolute Gasteiger partial charge is 0.423 e. The lowest BCUT2D eigenvalue weighted by molar-refractivity contribution is 0.642. The molecule has 9 aromatic rings.